The molecule has 0 spiro atoms. The van der Waals surface area contributed by atoms with Gasteiger partial charge in [0.15, 0.2) is 0 Å². The van der Waals surface area contributed by atoms with Crippen LogP contribution in [-0.2, 0) is 0 Å². The SMILES string of the molecule is CSc1cccc(NC(C)c2ccc(Br)cc2)c1C(N)=S. The highest BCUT2D eigenvalue weighted by molar-refractivity contribution is 9.10. The van der Waals surface area contributed by atoms with Crippen LogP contribution in [0.1, 0.15) is 24.1 Å². The average Bonchev–Trinajstić information content (AvgIpc) is 2.47. The van der Waals surface area contributed by atoms with E-state index >= 15 is 0 Å². The Morgan fingerprint density at radius 1 is 1.24 bits per heavy atom. The first-order valence-corrected chi connectivity index (χ1v) is 8.94. The fraction of sp³-hybridized carbons (Fsp3) is 0.188. The Balaban J connectivity index is 2.30. The fourth-order valence-electron chi connectivity index (χ4n) is 2.14. The third kappa shape index (κ3) is 3.99. The van der Waals surface area contributed by atoms with E-state index in [0.717, 1.165) is 20.6 Å². The van der Waals surface area contributed by atoms with E-state index in [2.05, 4.69) is 40.3 Å². The summed E-state index contributed by atoms with van der Waals surface area (Å²) in [6.07, 6.45) is 2.03. The van der Waals surface area contributed by atoms with Crippen LogP contribution in [0.3, 0.4) is 0 Å². The number of hydrogen-bond donors (Lipinski definition) is 2. The van der Waals surface area contributed by atoms with Gasteiger partial charge in [-0.15, -0.1) is 11.8 Å². The molecule has 5 heteroatoms. The second kappa shape index (κ2) is 7.29. The molecule has 0 radical (unpaired) electrons. The quantitative estimate of drug-likeness (QED) is 0.566. The predicted molar refractivity (Wildman–Crippen MR) is 100 cm³/mol. The molecule has 2 aromatic carbocycles. The minimum Gasteiger partial charge on any atom is -0.389 e. The first-order valence-electron chi connectivity index (χ1n) is 6.51. The van der Waals surface area contributed by atoms with Gasteiger partial charge in [0.2, 0.25) is 0 Å². The van der Waals surface area contributed by atoms with Gasteiger partial charge in [-0.25, -0.2) is 0 Å². The van der Waals surface area contributed by atoms with Crippen LogP contribution in [0.2, 0.25) is 0 Å². The second-order valence-electron chi connectivity index (χ2n) is 4.66. The molecule has 3 N–H and O–H groups in total. The number of nitrogens with one attached hydrogen (secondary N) is 1. The van der Waals surface area contributed by atoms with Crippen LogP contribution >= 0.6 is 39.9 Å². The number of nitrogens with two attached hydrogens (primary N) is 1. The Bertz CT molecular complexity index is 641. The van der Waals surface area contributed by atoms with E-state index in [1.807, 2.05) is 36.6 Å². The van der Waals surface area contributed by atoms with Crippen molar-refractivity contribution in [2.75, 3.05) is 11.6 Å². The summed E-state index contributed by atoms with van der Waals surface area (Å²) in [5.41, 5.74) is 9.00. The van der Waals surface area contributed by atoms with E-state index in [0.29, 0.717) is 4.99 Å². The smallest absolute Gasteiger partial charge is 0.107 e. The molecule has 110 valence electrons. The monoisotopic (exact) mass is 380 g/mol. The standard InChI is InChI=1S/C16H17BrN2S2/c1-10(11-6-8-12(17)9-7-11)19-13-4-3-5-14(21-2)15(13)16(18)20/h3-10,19H,1-2H3,(H2,18,20). The first kappa shape index (κ1) is 16.3. The molecule has 1 atom stereocenters. The number of thioether (sulfide) groups is 1. The normalized spacial score (nSPS) is 12.0. The summed E-state index contributed by atoms with van der Waals surface area (Å²) < 4.78 is 1.08. The molecular weight excluding hydrogens is 364 g/mol. The van der Waals surface area contributed by atoms with Crippen molar-refractivity contribution in [2.24, 2.45) is 5.73 Å². The minimum absolute atomic E-state index is 0.170. The maximum absolute atomic E-state index is 5.90. The highest BCUT2D eigenvalue weighted by Gasteiger charge is 2.13. The highest BCUT2D eigenvalue weighted by Crippen LogP contribution is 2.30. The maximum Gasteiger partial charge on any atom is 0.107 e. The van der Waals surface area contributed by atoms with Gasteiger partial charge in [-0.2, -0.15) is 0 Å². The summed E-state index contributed by atoms with van der Waals surface area (Å²) in [5, 5.41) is 3.51. The zero-order chi connectivity index (χ0) is 15.4. The third-order valence-corrected chi connectivity index (χ3v) is 4.75. The number of halogens is 1. The van der Waals surface area contributed by atoms with Crippen LogP contribution in [-0.4, -0.2) is 11.2 Å². The Morgan fingerprint density at radius 2 is 1.90 bits per heavy atom. The van der Waals surface area contributed by atoms with Crippen molar-refractivity contribution in [1.82, 2.24) is 0 Å². The topological polar surface area (TPSA) is 38.0 Å². The van der Waals surface area contributed by atoms with E-state index in [1.54, 1.807) is 11.8 Å². The number of anilines is 1. The molecule has 0 amide bonds. The van der Waals surface area contributed by atoms with E-state index in [9.17, 15) is 0 Å². The van der Waals surface area contributed by atoms with Crippen molar-refractivity contribution in [3.63, 3.8) is 0 Å². The lowest BCUT2D eigenvalue weighted by molar-refractivity contribution is 0.883. The number of thiocarbonyl (C=S) groups is 1. The van der Waals surface area contributed by atoms with Crippen molar-refractivity contribution in [3.8, 4) is 0 Å². The fourth-order valence-corrected chi connectivity index (χ4v) is 3.33. The largest absolute Gasteiger partial charge is 0.389 e. The number of rotatable bonds is 5. The summed E-state index contributed by atoms with van der Waals surface area (Å²) in [5.74, 6) is 0. The molecule has 21 heavy (non-hydrogen) atoms. The predicted octanol–water partition coefficient (Wildman–Crippen LogP) is 4.98. The molecule has 2 nitrogen and oxygen atoms in total. The molecular formula is C16H17BrN2S2. The summed E-state index contributed by atoms with van der Waals surface area (Å²) >= 11 is 10.3. The van der Waals surface area contributed by atoms with Crippen LogP contribution in [0.25, 0.3) is 0 Å². The molecule has 0 aliphatic rings. The Morgan fingerprint density at radius 3 is 2.48 bits per heavy atom. The van der Waals surface area contributed by atoms with E-state index < -0.39 is 0 Å². The molecule has 0 saturated heterocycles. The van der Waals surface area contributed by atoms with Crippen LogP contribution in [0.15, 0.2) is 51.8 Å². The van der Waals surface area contributed by atoms with Gasteiger partial charge in [0.25, 0.3) is 0 Å². The van der Waals surface area contributed by atoms with Gasteiger partial charge in [-0.05, 0) is 43.0 Å². The third-order valence-electron chi connectivity index (χ3n) is 3.23. The van der Waals surface area contributed by atoms with Crippen LogP contribution in [0, 0.1) is 0 Å². The first-order chi connectivity index (χ1) is 10.0. The van der Waals surface area contributed by atoms with Gasteiger partial charge >= 0.3 is 0 Å². The molecule has 0 aromatic heterocycles. The summed E-state index contributed by atoms with van der Waals surface area (Å²) in [6.45, 7) is 2.12. The second-order valence-corrected chi connectivity index (χ2v) is 6.87. The average molecular weight is 381 g/mol. The van der Waals surface area contributed by atoms with Gasteiger partial charge in [-0.1, -0.05) is 46.3 Å². The van der Waals surface area contributed by atoms with Crippen molar-refractivity contribution in [2.45, 2.75) is 17.9 Å². The zero-order valence-corrected chi connectivity index (χ0v) is 15.1. The van der Waals surface area contributed by atoms with Gasteiger partial charge in [0, 0.05) is 26.7 Å². The molecule has 2 aromatic rings. The zero-order valence-electron chi connectivity index (χ0n) is 11.9. The Kier molecular flexibility index (Phi) is 5.67. The molecule has 0 bridgehead atoms. The van der Waals surface area contributed by atoms with Gasteiger partial charge in [0.05, 0.1) is 0 Å². The molecule has 0 saturated carbocycles. The van der Waals surface area contributed by atoms with E-state index in [4.69, 9.17) is 18.0 Å². The van der Waals surface area contributed by atoms with Gasteiger partial charge < -0.3 is 11.1 Å². The summed E-state index contributed by atoms with van der Waals surface area (Å²) in [7, 11) is 0. The van der Waals surface area contributed by atoms with Crippen molar-refractivity contribution in [3.05, 3.63) is 58.1 Å². The van der Waals surface area contributed by atoms with E-state index in [1.165, 1.54) is 5.56 Å². The van der Waals surface area contributed by atoms with E-state index in [-0.39, 0.29) is 6.04 Å². The molecule has 0 aliphatic heterocycles. The van der Waals surface area contributed by atoms with Crippen LogP contribution < -0.4 is 11.1 Å². The van der Waals surface area contributed by atoms with Crippen LogP contribution in [0.4, 0.5) is 5.69 Å². The lowest BCUT2D eigenvalue weighted by atomic mass is 10.1. The molecule has 1 unspecified atom stereocenters. The Labute approximate surface area is 143 Å². The summed E-state index contributed by atoms with van der Waals surface area (Å²) in [4.78, 5) is 1.51. The lowest BCUT2D eigenvalue weighted by Gasteiger charge is -2.19. The van der Waals surface area contributed by atoms with Crippen molar-refractivity contribution in [1.29, 1.82) is 0 Å². The highest BCUT2D eigenvalue weighted by atomic mass is 79.9. The number of benzene rings is 2. The van der Waals surface area contributed by atoms with Crippen molar-refractivity contribution >= 4 is 50.6 Å². The lowest BCUT2D eigenvalue weighted by Crippen LogP contribution is -2.16. The van der Waals surface area contributed by atoms with Gasteiger partial charge in [0.1, 0.15) is 4.99 Å². The van der Waals surface area contributed by atoms with Crippen molar-refractivity contribution < 1.29 is 0 Å². The molecule has 2 rings (SSSR count). The minimum atomic E-state index is 0.170. The maximum atomic E-state index is 5.90. The Hall–Kier alpha value is -1.04. The number of hydrogen-bond acceptors (Lipinski definition) is 3. The summed E-state index contributed by atoms with van der Waals surface area (Å²) in [6, 6.07) is 14.5. The molecule has 0 heterocycles. The molecule has 0 aliphatic carbocycles. The molecule has 0 fully saturated rings. The van der Waals surface area contributed by atoms with Crippen LogP contribution in [0.5, 0.6) is 0 Å². The van der Waals surface area contributed by atoms with Gasteiger partial charge in [-0.3, -0.25) is 0 Å².